The van der Waals surface area contributed by atoms with Gasteiger partial charge >= 0.3 is 0 Å². The molecule has 30 heavy (non-hydrogen) atoms. The average molecular weight is 403 g/mol. The first-order valence-corrected chi connectivity index (χ1v) is 11.3. The van der Waals surface area contributed by atoms with Crippen LogP contribution >= 0.6 is 0 Å². The van der Waals surface area contributed by atoms with Gasteiger partial charge in [-0.1, -0.05) is 37.6 Å². The molecule has 2 aliphatic rings. The minimum atomic E-state index is -0.502. The van der Waals surface area contributed by atoms with E-state index in [1.54, 1.807) is 0 Å². The number of rotatable bonds is 7. The number of ether oxygens (including phenoxy) is 2. The van der Waals surface area contributed by atoms with Gasteiger partial charge in [-0.25, -0.2) is 4.52 Å². The predicted molar refractivity (Wildman–Crippen MR) is 119 cm³/mol. The molecule has 1 aromatic carbocycles. The number of aromatic nitrogens is 2. The number of hydrogen-bond donors (Lipinski definition) is 0. The third-order valence-corrected chi connectivity index (χ3v) is 6.47. The van der Waals surface area contributed by atoms with Gasteiger partial charge in [0.05, 0.1) is 18.3 Å². The number of hydrogen-bond acceptors (Lipinski definition) is 3. The fraction of sp³-hybridized carbons (Fsp3) is 0.423. The zero-order chi connectivity index (χ0) is 20.4. The summed E-state index contributed by atoms with van der Waals surface area (Å²) in [6.07, 6.45) is 16.6. The van der Waals surface area contributed by atoms with Crippen LogP contribution in [0.4, 0.5) is 0 Å². The summed E-state index contributed by atoms with van der Waals surface area (Å²) >= 11 is 0. The first kappa shape index (κ1) is 19.4. The van der Waals surface area contributed by atoms with E-state index in [0.29, 0.717) is 6.61 Å². The Labute approximate surface area is 178 Å². The van der Waals surface area contributed by atoms with Gasteiger partial charge in [0.2, 0.25) is 5.79 Å². The third-order valence-electron chi connectivity index (χ3n) is 6.47. The third kappa shape index (κ3) is 3.77. The zero-order valence-electron chi connectivity index (χ0n) is 17.7. The molecule has 1 fully saturated rings. The lowest BCUT2D eigenvalue weighted by Crippen LogP contribution is -2.41. The highest BCUT2D eigenvalue weighted by molar-refractivity contribution is 5.80. The number of benzene rings is 1. The van der Waals surface area contributed by atoms with Gasteiger partial charge in [-0.2, -0.15) is 5.10 Å². The van der Waals surface area contributed by atoms with Crippen molar-refractivity contribution in [1.82, 2.24) is 9.61 Å². The second-order valence-corrected chi connectivity index (χ2v) is 8.62. The molecular formula is C26H30N2O2. The molecule has 1 unspecified atom stereocenters. The molecule has 3 heterocycles. The van der Waals surface area contributed by atoms with Crippen molar-refractivity contribution in [2.75, 3.05) is 0 Å². The monoisotopic (exact) mass is 402 g/mol. The van der Waals surface area contributed by atoms with Crippen LogP contribution in [-0.2, 0) is 11.3 Å². The lowest BCUT2D eigenvalue weighted by Gasteiger charge is -2.38. The Balaban J connectivity index is 1.34. The first-order valence-electron chi connectivity index (χ1n) is 11.3. The van der Waals surface area contributed by atoms with Gasteiger partial charge in [0, 0.05) is 30.2 Å². The highest BCUT2D eigenvalue weighted by Gasteiger charge is 2.36. The van der Waals surface area contributed by atoms with E-state index in [1.807, 2.05) is 29.0 Å². The van der Waals surface area contributed by atoms with Crippen molar-refractivity contribution in [3.8, 4) is 16.9 Å². The summed E-state index contributed by atoms with van der Waals surface area (Å²) in [5, 5.41) is 4.47. The largest absolute Gasteiger partial charge is 0.462 e. The first-order chi connectivity index (χ1) is 14.8. The molecule has 3 aromatic rings. The van der Waals surface area contributed by atoms with Crippen LogP contribution in [0.5, 0.6) is 5.75 Å². The highest BCUT2D eigenvalue weighted by Crippen LogP contribution is 2.39. The average Bonchev–Trinajstić information content (AvgIpc) is 3.16. The van der Waals surface area contributed by atoms with E-state index < -0.39 is 5.79 Å². The van der Waals surface area contributed by atoms with Gasteiger partial charge in [0.25, 0.3) is 0 Å². The van der Waals surface area contributed by atoms with Crippen LogP contribution in [-0.4, -0.2) is 15.4 Å². The minimum absolute atomic E-state index is 0.502. The summed E-state index contributed by atoms with van der Waals surface area (Å²) in [5.41, 5.74) is 4.49. The summed E-state index contributed by atoms with van der Waals surface area (Å²) in [6.45, 7) is 2.79. The molecule has 0 spiro atoms. The van der Waals surface area contributed by atoms with Crippen molar-refractivity contribution in [2.45, 2.75) is 64.3 Å². The maximum Gasteiger partial charge on any atom is 0.211 e. The van der Waals surface area contributed by atoms with Gasteiger partial charge in [-0.15, -0.1) is 0 Å². The Morgan fingerprint density at radius 2 is 2.13 bits per heavy atom. The van der Waals surface area contributed by atoms with E-state index in [0.717, 1.165) is 59.6 Å². The number of allylic oxidation sites excluding steroid dienone is 2. The summed E-state index contributed by atoms with van der Waals surface area (Å²) in [6, 6.07) is 12.6. The van der Waals surface area contributed by atoms with Gasteiger partial charge in [0.1, 0.15) is 5.75 Å². The van der Waals surface area contributed by atoms with E-state index in [9.17, 15) is 0 Å². The van der Waals surface area contributed by atoms with Crippen LogP contribution in [0.3, 0.4) is 0 Å². The molecule has 0 bridgehead atoms. The van der Waals surface area contributed by atoms with Gasteiger partial charge in [0.15, 0.2) is 0 Å². The SMILES string of the molecule is CCCC1(CC/C=C\C2CCC2)OCc2cc(-c3cnn4ccccc34)ccc2O1. The van der Waals surface area contributed by atoms with Gasteiger partial charge in [-0.05, 0) is 61.4 Å². The number of fused-ring (bicyclic) bond motifs is 2. The zero-order valence-corrected chi connectivity index (χ0v) is 17.7. The van der Waals surface area contributed by atoms with Crippen LogP contribution in [0.2, 0.25) is 0 Å². The van der Waals surface area contributed by atoms with E-state index in [2.05, 4.69) is 48.4 Å². The normalized spacial score (nSPS) is 21.5. The van der Waals surface area contributed by atoms with Gasteiger partial charge in [-0.3, -0.25) is 0 Å². The molecule has 1 aliphatic carbocycles. The Morgan fingerprint density at radius 3 is 2.97 bits per heavy atom. The molecule has 1 atom stereocenters. The summed E-state index contributed by atoms with van der Waals surface area (Å²) in [7, 11) is 0. The van der Waals surface area contributed by atoms with Crippen molar-refractivity contribution < 1.29 is 9.47 Å². The van der Waals surface area contributed by atoms with Crippen molar-refractivity contribution >= 4 is 5.52 Å². The topological polar surface area (TPSA) is 35.8 Å². The van der Waals surface area contributed by atoms with Gasteiger partial charge < -0.3 is 9.47 Å². The smallest absolute Gasteiger partial charge is 0.211 e. The van der Waals surface area contributed by atoms with Crippen LogP contribution in [0.15, 0.2) is 60.9 Å². The molecule has 0 radical (unpaired) electrons. The summed E-state index contributed by atoms with van der Waals surface area (Å²) in [5.74, 6) is 1.26. The molecular weight excluding hydrogens is 372 g/mol. The van der Waals surface area contributed by atoms with Crippen molar-refractivity contribution in [1.29, 1.82) is 0 Å². The fourth-order valence-electron chi connectivity index (χ4n) is 4.53. The van der Waals surface area contributed by atoms with E-state index in [-0.39, 0.29) is 0 Å². The summed E-state index contributed by atoms with van der Waals surface area (Å²) in [4.78, 5) is 0. The Hall–Kier alpha value is -2.59. The van der Waals surface area contributed by atoms with Crippen molar-refractivity contribution in [3.63, 3.8) is 0 Å². The Kier molecular flexibility index (Phi) is 5.34. The summed E-state index contributed by atoms with van der Waals surface area (Å²) < 4.78 is 14.8. The molecule has 156 valence electrons. The van der Waals surface area contributed by atoms with E-state index in [4.69, 9.17) is 9.47 Å². The molecule has 4 nitrogen and oxygen atoms in total. The Bertz CT molecular complexity index is 1050. The lowest BCUT2D eigenvalue weighted by molar-refractivity contribution is -0.213. The van der Waals surface area contributed by atoms with Crippen molar-refractivity contribution in [2.24, 2.45) is 5.92 Å². The van der Waals surface area contributed by atoms with Crippen LogP contribution in [0.25, 0.3) is 16.6 Å². The molecule has 0 amide bonds. The second kappa shape index (κ2) is 8.27. The quantitative estimate of drug-likeness (QED) is 0.421. The fourth-order valence-corrected chi connectivity index (χ4v) is 4.53. The molecule has 2 aromatic heterocycles. The van der Waals surface area contributed by atoms with Crippen LogP contribution in [0.1, 0.15) is 57.4 Å². The Morgan fingerprint density at radius 1 is 1.20 bits per heavy atom. The molecule has 5 rings (SSSR count). The molecule has 1 aliphatic heterocycles. The van der Waals surface area contributed by atoms with E-state index >= 15 is 0 Å². The molecule has 0 saturated heterocycles. The lowest BCUT2D eigenvalue weighted by atomic mass is 9.85. The highest BCUT2D eigenvalue weighted by atomic mass is 16.7. The predicted octanol–water partition coefficient (Wildman–Crippen LogP) is 6.54. The van der Waals surface area contributed by atoms with Crippen LogP contribution in [0, 0.1) is 5.92 Å². The number of pyridine rings is 1. The van der Waals surface area contributed by atoms with E-state index in [1.165, 1.54) is 19.3 Å². The standard InChI is InChI=1S/C26H30N2O2/c1-2-14-26(15-5-3-8-20-9-7-10-20)29-19-22-17-21(12-13-25(22)30-26)23-18-27-28-16-6-4-11-24(23)28/h3-4,6,8,11-13,16-18,20H,2,5,7,9-10,14-15,19H2,1H3/b8-3-. The molecule has 1 saturated carbocycles. The maximum atomic E-state index is 6.49. The molecule has 0 N–H and O–H groups in total. The number of nitrogens with zero attached hydrogens (tertiary/aromatic N) is 2. The van der Waals surface area contributed by atoms with Crippen molar-refractivity contribution in [3.05, 3.63) is 66.5 Å². The maximum absolute atomic E-state index is 6.49. The minimum Gasteiger partial charge on any atom is -0.462 e. The second-order valence-electron chi connectivity index (χ2n) is 8.62. The van der Waals surface area contributed by atoms with Crippen LogP contribution < -0.4 is 4.74 Å². The molecule has 4 heteroatoms.